The minimum absolute atomic E-state index is 0.0633. The fourth-order valence-electron chi connectivity index (χ4n) is 4.06. The topological polar surface area (TPSA) is 57.6 Å². The second-order valence-corrected chi connectivity index (χ2v) is 7.86. The van der Waals surface area contributed by atoms with Crippen LogP contribution in [0.1, 0.15) is 48.6 Å². The lowest BCUT2D eigenvalue weighted by Crippen LogP contribution is -2.40. The molecule has 2 aliphatic rings. The molecule has 26 heavy (non-hydrogen) atoms. The molecule has 1 saturated heterocycles. The van der Waals surface area contributed by atoms with Gasteiger partial charge in [0, 0.05) is 16.5 Å². The maximum Gasteiger partial charge on any atom is 0.295 e. The number of Topliss-reactive ketones (excluding diaryl/α,β-unsaturated/α-hetero) is 1. The summed E-state index contributed by atoms with van der Waals surface area (Å²) in [4.78, 5) is 28.4. The van der Waals surface area contributed by atoms with Gasteiger partial charge in [0.2, 0.25) is 0 Å². The molecule has 1 aliphatic heterocycles. The first-order valence-corrected chi connectivity index (χ1v) is 9.95. The molecule has 5 heteroatoms. The number of carbonyl (C=O) groups is 2. The molecule has 4 nitrogen and oxygen atoms in total. The molecular weight excluding hydrogens is 346 g/mol. The molecule has 0 bridgehead atoms. The summed E-state index contributed by atoms with van der Waals surface area (Å²) >= 11 is 1.52. The fourth-order valence-corrected chi connectivity index (χ4v) is 4.90. The molecule has 1 unspecified atom stereocenters. The Bertz CT molecular complexity index is 835. The number of rotatable bonds is 3. The molecule has 2 heterocycles. The van der Waals surface area contributed by atoms with E-state index in [9.17, 15) is 14.7 Å². The molecule has 2 fully saturated rings. The van der Waals surface area contributed by atoms with Gasteiger partial charge in [0.1, 0.15) is 5.76 Å². The molecule has 1 aromatic carbocycles. The van der Waals surface area contributed by atoms with E-state index in [2.05, 4.69) is 0 Å². The van der Waals surface area contributed by atoms with Crippen LogP contribution in [0.2, 0.25) is 0 Å². The number of carbonyl (C=O) groups excluding carboxylic acids is 2. The van der Waals surface area contributed by atoms with Crippen molar-refractivity contribution in [3.63, 3.8) is 0 Å². The first kappa shape index (κ1) is 17.0. The monoisotopic (exact) mass is 367 g/mol. The van der Waals surface area contributed by atoms with Crippen LogP contribution in [-0.2, 0) is 9.59 Å². The van der Waals surface area contributed by atoms with Crippen LogP contribution in [0.15, 0.2) is 53.4 Å². The summed E-state index contributed by atoms with van der Waals surface area (Å²) < 4.78 is 0. The van der Waals surface area contributed by atoms with Crippen molar-refractivity contribution in [2.24, 2.45) is 0 Å². The van der Waals surface area contributed by atoms with Crippen LogP contribution in [0.3, 0.4) is 0 Å². The number of benzene rings is 1. The molecule has 4 rings (SSSR count). The largest absolute Gasteiger partial charge is 0.507 e. The van der Waals surface area contributed by atoms with E-state index in [1.54, 1.807) is 17.0 Å². The van der Waals surface area contributed by atoms with E-state index in [1.807, 2.05) is 35.7 Å². The Balaban J connectivity index is 1.84. The number of aliphatic hydroxyl groups is 1. The Morgan fingerprint density at radius 1 is 1.00 bits per heavy atom. The summed E-state index contributed by atoms with van der Waals surface area (Å²) in [6, 6.07) is 12.4. The van der Waals surface area contributed by atoms with Crippen molar-refractivity contribution in [1.82, 2.24) is 4.90 Å². The highest BCUT2D eigenvalue weighted by atomic mass is 32.1. The van der Waals surface area contributed by atoms with E-state index in [0.717, 1.165) is 30.6 Å². The summed E-state index contributed by atoms with van der Waals surface area (Å²) in [5.74, 6) is -1.14. The minimum atomic E-state index is -0.574. The summed E-state index contributed by atoms with van der Waals surface area (Å²) in [6.45, 7) is 0. The zero-order valence-corrected chi connectivity index (χ0v) is 15.2. The molecule has 1 N–H and O–H groups in total. The number of likely N-dealkylation sites (tertiary alicyclic amines) is 1. The van der Waals surface area contributed by atoms with Crippen molar-refractivity contribution in [2.45, 2.75) is 44.2 Å². The Morgan fingerprint density at radius 3 is 2.38 bits per heavy atom. The number of hydrogen-bond donors (Lipinski definition) is 1. The van der Waals surface area contributed by atoms with Gasteiger partial charge in [-0.2, -0.15) is 0 Å². The van der Waals surface area contributed by atoms with Crippen molar-refractivity contribution in [2.75, 3.05) is 0 Å². The van der Waals surface area contributed by atoms with Gasteiger partial charge >= 0.3 is 0 Å². The van der Waals surface area contributed by atoms with Gasteiger partial charge in [-0.1, -0.05) is 55.7 Å². The number of thiophene rings is 1. The summed E-state index contributed by atoms with van der Waals surface area (Å²) in [7, 11) is 0. The standard InChI is InChI=1S/C21H21NO3S/c23-19(14-8-3-1-4-9-14)17-18(16-12-7-13-26-16)22(21(25)20(17)24)15-10-5-2-6-11-15/h1,3-4,7-9,12-13,15,18,23H,2,5-6,10-11H2/b19-17-. The molecule has 1 saturated carbocycles. The number of aliphatic hydroxyl groups excluding tert-OH is 1. The van der Waals surface area contributed by atoms with Crippen molar-refractivity contribution in [3.05, 3.63) is 63.9 Å². The third-order valence-corrected chi connectivity index (χ3v) is 6.23. The molecule has 0 radical (unpaired) electrons. The highest BCUT2D eigenvalue weighted by Gasteiger charge is 2.49. The zero-order valence-electron chi connectivity index (χ0n) is 14.4. The van der Waals surface area contributed by atoms with Gasteiger partial charge in [-0.15, -0.1) is 11.3 Å². The molecule has 134 valence electrons. The number of ketones is 1. The second kappa shape index (κ2) is 7.08. The van der Waals surface area contributed by atoms with E-state index in [0.29, 0.717) is 5.56 Å². The van der Waals surface area contributed by atoms with Crippen LogP contribution in [0.25, 0.3) is 5.76 Å². The number of hydrogen-bond acceptors (Lipinski definition) is 4. The molecule has 1 aromatic heterocycles. The first-order chi connectivity index (χ1) is 12.7. The quantitative estimate of drug-likeness (QED) is 0.494. The molecular formula is C21H21NO3S. The average Bonchev–Trinajstić information content (AvgIpc) is 3.30. The minimum Gasteiger partial charge on any atom is -0.507 e. The lowest BCUT2D eigenvalue weighted by Gasteiger charge is -2.34. The molecule has 1 aliphatic carbocycles. The van der Waals surface area contributed by atoms with Crippen molar-refractivity contribution < 1.29 is 14.7 Å². The van der Waals surface area contributed by atoms with Crippen molar-refractivity contribution in [3.8, 4) is 0 Å². The van der Waals surface area contributed by atoms with Gasteiger partial charge < -0.3 is 10.0 Å². The van der Waals surface area contributed by atoms with Crippen LogP contribution in [0.4, 0.5) is 0 Å². The molecule has 1 amide bonds. The normalized spacial score (nSPS) is 23.5. The fraction of sp³-hybridized carbons (Fsp3) is 0.333. The Morgan fingerprint density at radius 2 is 1.73 bits per heavy atom. The molecule has 0 spiro atoms. The van der Waals surface area contributed by atoms with E-state index < -0.39 is 17.7 Å². The van der Waals surface area contributed by atoms with Crippen LogP contribution in [0, 0.1) is 0 Å². The van der Waals surface area contributed by atoms with Crippen LogP contribution in [0.5, 0.6) is 0 Å². The van der Waals surface area contributed by atoms with Crippen molar-refractivity contribution in [1.29, 1.82) is 0 Å². The summed E-state index contributed by atoms with van der Waals surface area (Å²) in [6.07, 6.45) is 5.15. The first-order valence-electron chi connectivity index (χ1n) is 9.07. The predicted molar refractivity (Wildman–Crippen MR) is 102 cm³/mol. The number of nitrogens with zero attached hydrogens (tertiary/aromatic N) is 1. The average molecular weight is 367 g/mol. The highest BCUT2D eigenvalue weighted by molar-refractivity contribution is 7.10. The van der Waals surface area contributed by atoms with Gasteiger partial charge in [-0.3, -0.25) is 9.59 Å². The Kier molecular flexibility index (Phi) is 4.64. The van der Waals surface area contributed by atoms with Crippen LogP contribution in [-0.4, -0.2) is 27.7 Å². The second-order valence-electron chi connectivity index (χ2n) is 6.88. The Hall–Kier alpha value is -2.40. The van der Waals surface area contributed by atoms with Gasteiger partial charge in [-0.05, 0) is 24.3 Å². The number of amides is 1. The van der Waals surface area contributed by atoms with Crippen LogP contribution >= 0.6 is 11.3 Å². The summed E-state index contributed by atoms with van der Waals surface area (Å²) in [5, 5.41) is 12.8. The SMILES string of the molecule is O=C1C(=O)N(C2CCCCC2)C(c2cccs2)/C1=C(/O)c1ccccc1. The van der Waals surface area contributed by atoms with Gasteiger partial charge in [-0.25, -0.2) is 0 Å². The molecule has 1 atom stereocenters. The highest BCUT2D eigenvalue weighted by Crippen LogP contribution is 2.44. The summed E-state index contributed by atoms with van der Waals surface area (Å²) in [5.41, 5.74) is 0.782. The lowest BCUT2D eigenvalue weighted by molar-refractivity contribution is -0.141. The van der Waals surface area contributed by atoms with Gasteiger partial charge in [0.25, 0.3) is 11.7 Å². The third-order valence-electron chi connectivity index (χ3n) is 5.31. The zero-order chi connectivity index (χ0) is 18.1. The van der Waals surface area contributed by atoms with Gasteiger partial charge in [0.15, 0.2) is 0 Å². The van der Waals surface area contributed by atoms with Gasteiger partial charge in [0.05, 0.1) is 11.6 Å². The van der Waals surface area contributed by atoms with E-state index in [-0.39, 0.29) is 17.4 Å². The van der Waals surface area contributed by atoms with Crippen LogP contribution < -0.4 is 0 Å². The maximum atomic E-state index is 12.9. The predicted octanol–water partition coefficient (Wildman–Crippen LogP) is 4.50. The third kappa shape index (κ3) is 2.86. The van der Waals surface area contributed by atoms with Crippen molar-refractivity contribution >= 4 is 28.8 Å². The van der Waals surface area contributed by atoms with E-state index in [4.69, 9.17) is 0 Å². The molecule has 2 aromatic rings. The van der Waals surface area contributed by atoms with E-state index in [1.165, 1.54) is 17.8 Å². The smallest absolute Gasteiger partial charge is 0.295 e. The Labute approximate surface area is 156 Å². The lowest BCUT2D eigenvalue weighted by atomic mass is 9.93. The maximum absolute atomic E-state index is 12.9. The van der Waals surface area contributed by atoms with E-state index >= 15 is 0 Å².